The Kier molecular flexibility index (Phi) is 4.55. The molecule has 0 radical (unpaired) electrons. The zero-order valence-electron chi connectivity index (χ0n) is 11.2. The van der Waals surface area contributed by atoms with E-state index in [1.54, 1.807) is 18.2 Å². The van der Waals surface area contributed by atoms with Crippen LogP contribution < -0.4 is 4.74 Å². The Morgan fingerprint density at radius 2 is 2.05 bits per heavy atom. The van der Waals surface area contributed by atoms with Gasteiger partial charge in [0.2, 0.25) is 0 Å². The summed E-state index contributed by atoms with van der Waals surface area (Å²) in [4.78, 5) is 12.3. The minimum absolute atomic E-state index is 0.00466. The van der Waals surface area contributed by atoms with Crippen LogP contribution in [-0.4, -0.2) is 12.9 Å². The fourth-order valence-corrected chi connectivity index (χ4v) is 2.68. The topological polar surface area (TPSA) is 26.3 Å². The Morgan fingerprint density at radius 3 is 2.70 bits per heavy atom. The van der Waals surface area contributed by atoms with E-state index in [2.05, 4.69) is 15.9 Å². The Bertz CT molecular complexity index is 653. The molecular formula is C16H14BrFO2. The summed E-state index contributed by atoms with van der Waals surface area (Å²) in [6.07, 6.45) is 0.00466. The van der Waals surface area contributed by atoms with Gasteiger partial charge in [-0.2, -0.15) is 0 Å². The maximum Gasteiger partial charge on any atom is 0.168 e. The molecule has 4 heteroatoms. The highest BCUT2D eigenvalue weighted by Gasteiger charge is 2.15. The number of Topliss-reactive ketones (excluding diaryl/α,β-unsaturated/α-hetero) is 1. The molecule has 104 valence electrons. The van der Waals surface area contributed by atoms with Gasteiger partial charge in [-0.05, 0) is 36.2 Å². The third-order valence-electron chi connectivity index (χ3n) is 3.04. The molecule has 0 aliphatic carbocycles. The summed E-state index contributed by atoms with van der Waals surface area (Å²) in [7, 11) is 1.40. The number of rotatable bonds is 4. The molecule has 0 spiro atoms. The summed E-state index contributed by atoms with van der Waals surface area (Å²) in [6.45, 7) is 1.95. The zero-order valence-corrected chi connectivity index (χ0v) is 12.8. The number of methoxy groups -OCH3 is 1. The van der Waals surface area contributed by atoms with Gasteiger partial charge in [-0.3, -0.25) is 4.79 Å². The number of hydrogen-bond donors (Lipinski definition) is 0. The van der Waals surface area contributed by atoms with Crippen molar-refractivity contribution in [3.8, 4) is 5.75 Å². The molecule has 0 aromatic heterocycles. The van der Waals surface area contributed by atoms with Crippen LogP contribution in [0.15, 0.2) is 40.9 Å². The van der Waals surface area contributed by atoms with Crippen LogP contribution >= 0.6 is 15.9 Å². The molecule has 2 nitrogen and oxygen atoms in total. The number of halogens is 2. The Labute approximate surface area is 125 Å². The van der Waals surface area contributed by atoms with Gasteiger partial charge in [-0.15, -0.1) is 0 Å². The molecule has 0 fully saturated rings. The van der Waals surface area contributed by atoms with Crippen LogP contribution in [0, 0.1) is 12.7 Å². The second-order valence-corrected chi connectivity index (χ2v) is 5.37. The van der Waals surface area contributed by atoms with Gasteiger partial charge in [0, 0.05) is 16.5 Å². The van der Waals surface area contributed by atoms with E-state index in [0.29, 0.717) is 11.1 Å². The molecule has 0 aliphatic rings. The van der Waals surface area contributed by atoms with Crippen molar-refractivity contribution in [2.24, 2.45) is 0 Å². The van der Waals surface area contributed by atoms with E-state index in [0.717, 1.165) is 10.0 Å². The first-order chi connectivity index (χ1) is 9.52. The minimum atomic E-state index is -0.480. The second kappa shape index (κ2) is 6.18. The van der Waals surface area contributed by atoms with Crippen molar-refractivity contribution >= 4 is 21.7 Å². The summed E-state index contributed by atoms with van der Waals surface area (Å²) in [6, 6.07) is 10.3. The van der Waals surface area contributed by atoms with Crippen molar-refractivity contribution in [3.05, 3.63) is 63.4 Å². The monoisotopic (exact) mass is 336 g/mol. The van der Waals surface area contributed by atoms with E-state index in [4.69, 9.17) is 4.74 Å². The maximum atomic E-state index is 14.0. The third-order valence-corrected chi connectivity index (χ3v) is 3.70. The molecule has 0 N–H and O–H groups in total. The van der Waals surface area contributed by atoms with Gasteiger partial charge < -0.3 is 4.74 Å². The van der Waals surface area contributed by atoms with Gasteiger partial charge in [0.15, 0.2) is 17.3 Å². The molecule has 0 amide bonds. The Hall–Kier alpha value is -1.68. The number of carbonyl (C=O) groups excluding carboxylic acids is 1. The SMILES string of the molecule is COc1cccc(CC(=O)c2ccc(C)cc2Br)c1F. The number of ether oxygens (including phenoxy) is 1. The molecule has 0 heterocycles. The molecule has 0 atom stereocenters. The first kappa shape index (κ1) is 14.7. The van der Waals surface area contributed by atoms with Crippen molar-refractivity contribution in [2.75, 3.05) is 7.11 Å². The quantitative estimate of drug-likeness (QED) is 0.776. The molecule has 2 aromatic carbocycles. The second-order valence-electron chi connectivity index (χ2n) is 4.52. The number of ketones is 1. The molecule has 0 bridgehead atoms. The van der Waals surface area contributed by atoms with Crippen LogP contribution in [0.5, 0.6) is 5.75 Å². The van der Waals surface area contributed by atoms with E-state index in [-0.39, 0.29) is 18.0 Å². The standard InChI is InChI=1S/C16H14BrFO2/c1-10-6-7-12(13(17)8-10)14(19)9-11-4-3-5-15(20-2)16(11)18/h3-8H,9H2,1-2H3. The minimum Gasteiger partial charge on any atom is -0.494 e. The number of benzene rings is 2. The fraction of sp³-hybridized carbons (Fsp3) is 0.188. The smallest absolute Gasteiger partial charge is 0.168 e. The first-order valence-corrected chi connectivity index (χ1v) is 6.93. The maximum absolute atomic E-state index is 14.0. The lowest BCUT2D eigenvalue weighted by molar-refractivity contribution is 0.0991. The van der Waals surface area contributed by atoms with Crippen LogP contribution in [0.25, 0.3) is 0 Å². The largest absolute Gasteiger partial charge is 0.494 e. The lowest BCUT2D eigenvalue weighted by Gasteiger charge is -2.08. The molecule has 20 heavy (non-hydrogen) atoms. The van der Waals surface area contributed by atoms with Crippen LogP contribution in [-0.2, 0) is 6.42 Å². The fourth-order valence-electron chi connectivity index (χ4n) is 1.96. The third kappa shape index (κ3) is 3.07. The van der Waals surface area contributed by atoms with Crippen molar-refractivity contribution in [2.45, 2.75) is 13.3 Å². The molecule has 0 saturated heterocycles. The van der Waals surface area contributed by atoms with Gasteiger partial charge in [0.1, 0.15) is 0 Å². The summed E-state index contributed by atoms with van der Waals surface area (Å²) < 4.78 is 19.7. The van der Waals surface area contributed by atoms with Gasteiger partial charge in [-0.25, -0.2) is 4.39 Å². The average molecular weight is 337 g/mol. The molecule has 2 rings (SSSR count). The van der Waals surface area contributed by atoms with E-state index in [9.17, 15) is 9.18 Å². The van der Waals surface area contributed by atoms with E-state index in [1.807, 2.05) is 19.1 Å². The lowest BCUT2D eigenvalue weighted by Crippen LogP contribution is -2.07. The van der Waals surface area contributed by atoms with Crippen molar-refractivity contribution in [3.63, 3.8) is 0 Å². The highest BCUT2D eigenvalue weighted by molar-refractivity contribution is 9.10. The summed E-state index contributed by atoms with van der Waals surface area (Å²) in [5.41, 5.74) is 1.95. The highest BCUT2D eigenvalue weighted by Crippen LogP contribution is 2.24. The normalized spacial score (nSPS) is 10.4. The van der Waals surface area contributed by atoms with Gasteiger partial charge >= 0.3 is 0 Å². The lowest BCUT2D eigenvalue weighted by atomic mass is 10.0. The summed E-state index contributed by atoms with van der Waals surface area (Å²) in [5.74, 6) is -0.464. The number of carbonyl (C=O) groups is 1. The van der Waals surface area contributed by atoms with Crippen molar-refractivity contribution in [1.29, 1.82) is 0 Å². The van der Waals surface area contributed by atoms with Crippen LogP contribution in [0.3, 0.4) is 0 Å². The number of hydrogen-bond acceptors (Lipinski definition) is 2. The molecule has 0 saturated carbocycles. The van der Waals surface area contributed by atoms with Crippen LogP contribution in [0.4, 0.5) is 4.39 Å². The highest BCUT2D eigenvalue weighted by atomic mass is 79.9. The molecule has 0 aliphatic heterocycles. The summed E-state index contributed by atoms with van der Waals surface area (Å²) >= 11 is 3.37. The van der Waals surface area contributed by atoms with E-state index < -0.39 is 5.82 Å². The summed E-state index contributed by atoms with van der Waals surface area (Å²) in [5, 5.41) is 0. The Morgan fingerprint density at radius 1 is 1.30 bits per heavy atom. The van der Waals surface area contributed by atoms with Crippen molar-refractivity contribution < 1.29 is 13.9 Å². The molecular weight excluding hydrogens is 323 g/mol. The first-order valence-electron chi connectivity index (χ1n) is 6.13. The average Bonchev–Trinajstić information content (AvgIpc) is 2.41. The number of aryl methyl sites for hydroxylation is 1. The zero-order chi connectivity index (χ0) is 14.7. The van der Waals surface area contributed by atoms with Crippen molar-refractivity contribution in [1.82, 2.24) is 0 Å². The predicted molar refractivity (Wildman–Crippen MR) is 79.9 cm³/mol. The predicted octanol–water partition coefficient (Wildman–Crippen LogP) is 4.33. The van der Waals surface area contributed by atoms with Gasteiger partial charge in [-0.1, -0.05) is 34.1 Å². The van der Waals surface area contributed by atoms with E-state index in [1.165, 1.54) is 13.2 Å². The molecule has 2 aromatic rings. The van der Waals surface area contributed by atoms with Crippen LogP contribution in [0.1, 0.15) is 21.5 Å². The Balaban J connectivity index is 2.28. The van der Waals surface area contributed by atoms with E-state index >= 15 is 0 Å². The molecule has 0 unspecified atom stereocenters. The van der Waals surface area contributed by atoms with Gasteiger partial charge in [0.05, 0.1) is 7.11 Å². The van der Waals surface area contributed by atoms with Gasteiger partial charge in [0.25, 0.3) is 0 Å². The van der Waals surface area contributed by atoms with Crippen LogP contribution in [0.2, 0.25) is 0 Å².